The number of ether oxygens (including phenoxy) is 1. The van der Waals surface area contributed by atoms with Gasteiger partial charge in [0.1, 0.15) is 5.75 Å². The Kier molecular flexibility index (Phi) is 6.58. The highest BCUT2D eigenvalue weighted by Gasteiger charge is 2.12. The summed E-state index contributed by atoms with van der Waals surface area (Å²) in [5.41, 5.74) is 7.95. The maximum atomic E-state index is 11.7. The van der Waals surface area contributed by atoms with E-state index in [1.165, 1.54) is 0 Å². The highest BCUT2D eigenvalue weighted by molar-refractivity contribution is 5.95. The van der Waals surface area contributed by atoms with Crippen LogP contribution in [0, 0.1) is 24.0 Å². The minimum atomic E-state index is -0.829. The molecular weight excluding hydrogens is 290 g/mol. The van der Waals surface area contributed by atoms with Crippen molar-refractivity contribution in [2.75, 3.05) is 18.5 Å². The van der Waals surface area contributed by atoms with E-state index in [2.05, 4.69) is 10.2 Å². The summed E-state index contributed by atoms with van der Waals surface area (Å²) in [6, 6.07) is 2.99. The SMILES string of the molecule is Cc1cc(OCCCO[N+](=O)[O-])cc(C)c1NC(=O)C(C)N. The molecule has 0 fully saturated rings. The predicted octanol–water partition coefficient (Wildman–Crippen LogP) is 1.57. The summed E-state index contributed by atoms with van der Waals surface area (Å²) in [6.45, 7) is 5.62. The molecule has 1 amide bonds. The fourth-order valence-electron chi connectivity index (χ4n) is 1.83. The molecule has 3 N–H and O–H groups in total. The number of aryl methyl sites for hydroxylation is 2. The number of amides is 1. The maximum Gasteiger partial charge on any atom is 0.294 e. The zero-order chi connectivity index (χ0) is 16.7. The number of hydrogen-bond acceptors (Lipinski definition) is 6. The number of carbonyl (C=O) groups excluding carboxylic acids is 1. The summed E-state index contributed by atoms with van der Waals surface area (Å²) in [4.78, 5) is 25.9. The van der Waals surface area contributed by atoms with E-state index < -0.39 is 11.1 Å². The number of hydrogen-bond donors (Lipinski definition) is 2. The van der Waals surface area contributed by atoms with E-state index in [9.17, 15) is 14.9 Å². The molecule has 0 bridgehead atoms. The lowest BCUT2D eigenvalue weighted by atomic mass is 10.1. The Morgan fingerprint density at radius 3 is 2.45 bits per heavy atom. The zero-order valence-corrected chi connectivity index (χ0v) is 12.9. The van der Waals surface area contributed by atoms with E-state index in [1.54, 1.807) is 19.1 Å². The Bertz CT molecular complexity index is 522. The van der Waals surface area contributed by atoms with E-state index in [0.29, 0.717) is 24.5 Å². The van der Waals surface area contributed by atoms with Crippen molar-refractivity contribution in [3.63, 3.8) is 0 Å². The normalized spacial score (nSPS) is 11.6. The molecule has 8 heteroatoms. The maximum absolute atomic E-state index is 11.7. The first kappa shape index (κ1) is 17.7. The zero-order valence-electron chi connectivity index (χ0n) is 12.9. The Morgan fingerprint density at radius 1 is 1.36 bits per heavy atom. The van der Waals surface area contributed by atoms with Crippen molar-refractivity contribution in [3.8, 4) is 5.75 Å². The number of benzene rings is 1. The molecule has 0 aromatic heterocycles. The third-order valence-electron chi connectivity index (χ3n) is 2.92. The number of nitrogens with zero attached hydrogens (tertiary/aromatic N) is 1. The van der Waals surface area contributed by atoms with Gasteiger partial charge >= 0.3 is 0 Å². The summed E-state index contributed by atoms with van der Waals surface area (Å²) >= 11 is 0. The standard InChI is InChI=1S/C14H21N3O5/c1-9-7-12(21-5-4-6-22-17(19)20)8-10(2)13(9)16-14(18)11(3)15/h7-8,11H,4-6,15H2,1-3H3,(H,16,18). The molecule has 8 nitrogen and oxygen atoms in total. The van der Waals surface area contributed by atoms with E-state index in [4.69, 9.17) is 10.5 Å². The molecule has 0 spiro atoms. The second-order valence-corrected chi connectivity index (χ2v) is 4.97. The quantitative estimate of drug-likeness (QED) is 0.427. The molecule has 0 heterocycles. The van der Waals surface area contributed by atoms with Crippen LogP contribution in [-0.2, 0) is 9.63 Å². The fraction of sp³-hybridized carbons (Fsp3) is 0.500. The van der Waals surface area contributed by atoms with Gasteiger partial charge in [-0.05, 0) is 44.0 Å². The Labute approximate surface area is 128 Å². The van der Waals surface area contributed by atoms with Crippen LogP contribution in [-0.4, -0.2) is 30.2 Å². The van der Waals surface area contributed by atoms with Crippen LogP contribution < -0.4 is 15.8 Å². The van der Waals surface area contributed by atoms with Gasteiger partial charge < -0.3 is 20.6 Å². The largest absolute Gasteiger partial charge is 0.494 e. The van der Waals surface area contributed by atoms with Crippen LogP contribution in [0.25, 0.3) is 0 Å². The van der Waals surface area contributed by atoms with Gasteiger partial charge in [-0.2, -0.15) is 0 Å². The lowest BCUT2D eigenvalue weighted by molar-refractivity contribution is -0.757. The number of rotatable bonds is 8. The second-order valence-electron chi connectivity index (χ2n) is 4.97. The van der Waals surface area contributed by atoms with E-state index in [0.717, 1.165) is 11.1 Å². The number of anilines is 1. The van der Waals surface area contributed by atoms with Crippen molar-refractivity contribution in [1.29, 1.82) is 0 Å². The van der Waals surface area contributed by atoms with Crippen molar-refractivity contribution in [2.24, 2.45) is 5.73 Å². The van der Waals surface area contributed by atoms with Crippen LogP contribution in [0.2, 0.25) is 0 Å². The number of carbonyl (C=O) groups is 1. The number of nitrogens with one attached hydrogen (secondary N) is 1. The molecule has 1 aromatic carbocycles. The summed E-state index contributed by atoms with van der Waals surface area (Å²) in [6.07, 6.45) is 0.405. The van der Waals surface area contributed by atoms with E-state index in [1.807, 2.05) is 13.8 Å². The first-order valence-electron chi connectivity index (χ1n) is 6.89. The first-order valence-corrected chi connectivity index (χ1v) is 6.89. The first-order chi connectivity index (χ1) is 10.3. The number of nitrogens with two attached hydrogens (primary N) is 1. The highest BCUT2D eigenvalue weighted by atomic mass is 16.9. The monoisotopic (exact) mass is 311 g/mol. The average molecular weight is 311 g/mol. The molecule has 1 aromatic rings. The summed E-state index contributed by atoms with van der Waals surface area (Å²) < 4.78 is 5.52. The highest BCUT2D eigenvalue weighted by Crippen LogP contribution is 2.26. The Hall–Kier alpha value is -2.35. The van der Waals surface area contributed by atoms with E-state index >= 15 is 0 Å². The van der Waals surface area contributed by atoms with Gasteiger partial charge in [0.15, 0.2) is 0 Å². The summed E-state index contributed by atoms with van der Waals surface area (Å²) in [7, 11) is 0. The molecule has 0 radical (unpaired) electrons. The second kappa shape index (κ2) is 8.18. The van der Waals surface area contributed by atoms with Crippen LogP contribution >= 0.6 is 0 Å². The fourth-order valence-corrected chi connectivity index (χ4v) is 1.83. The Balaban J connectivity index is 2.61. The van der Waals surface area contributed by atoms with Crippen LogP contribution in [0.1, 0.15) is 24.5 Å². The lowest BCUT2D eigenvalue weighted by Gasteiger charge is -2.15. The molecule has 22 heavy (non-hydrogen) atoms. The third-order valence-corrected chi connectivity index (χ3v) is 2.92. The van der Waals surface area contributed by atoms with Gasteiger partial charge in [-0.3, -0.25) is 4.79 Å². The molecule has 0 aliphatic heterocycles. The lowest BCUT2D eigenvalue weighted by Crippen LogP contribution is -2.32. The minimum Gasteiger partial charge on any atom is -0.494 e. The van der Waals surface area contributed by atoms with Gasteiger partial charge in [0.25, 0.3) is 5.09 Å². The van der Waals surface area contributed by atoms with Crippen molar-refractivity contribution >= 4 is 11.6 Å². The topological polar surface area (TPSA) is 117 Å². The van der Waals surface area contributed by atoms with Gasteiger partial charge in [0.05, 0.1) is 19.3 Å². The van der Waals surface area contributed by atoms with Gasteiger partial charge in [0.2, 0.25) is 5.91 Å². The minimum absolute atomic E-state index is 0.00645. The molecule has 0 saturated heterocycles. The predicted molar refractivity (Wildman–Crippen MR) is 81.3 cm³/mol. The molecule has 0 saturated carbocycles. The third kappa shape index (κ3) is 5.57. The molecule has 1 rings (SSSR count). The van der Waals surface area contributed by atoms with Crippen LogP contribution in [0.15, 0.2) is 12.1 Å². The van der Waals surface area contributed by atoms with Crippen LogP contribution in [0.3, 0.4) is 0 Å². The van der Waals surface area contributed by atoms with Gasteiger partial charge in [-0.15, -0.1) is 10.1 Å². The van der Waals surface area contributed by atoms with Crippen LogP contribution in [0.4, 0.5) is 5.69 Å². The molecular formula is C14H21N3O5. The van der Waals surface area contributed by atoms with Gasteiger partial charge in [-0.25, -0.2) is 0 Å². The molecule has 122 valence electrons. The van der Waals surface area contributed by atoms with E-state index in [-0.39, 0.29) is 12.5 Å². The molecule has 0 aliphatic carbocycles. The van der Waals surface area contributed by atoms with Crippen molar-refractivity contribution < 1.29 is 19.5 Å². The van der Waals surface area contributed by atoms with Crippen molar-refractivity contribution in [2.45, 2.75) is 33.2 Å². The van der Waals surface area contributed by atoms with Gasteiger partial charge in [-0.1, -0.05) is 0 Å². The average Bonchev–Trinajstić information content (AvgIpc) is 2.41. The smallest absolute Gasteiger partial charge is 0.294 e. The van der Waals surface area contributed by atoms with Crippen molar-refractivity contribution in [3.05, 3.63) is 33.4 Å². The van der Waals surface area contributed by atoms with Crippen molar-refractivity contribution in [1.82, 2.24) is 0 Å². The van der Waals surface area contributed by atoms with Crippen LogP contribution in [0.5, 0.6) is 5.75 Å². The summed E-state index contributed by atoms with van der Waals surface area (Å²) in [5, 5.41) is 11.9. The summed E-state index contributed by atoms with van der Waals surface area (Å²) in [5.74, 6) is 0.381. The van der Waals surface area contributed by atoms with Gasteiger partial charge in [0, 0.05) is 12.1 Å². The Morgan fingerprint density at radius 2 is 1.95 bits per heavy atom. The molecule has 0 aliphatic rings. The molecule has 1 atom stereocenters. The molecule has 1 unspecified atom stereocenters.